The Bertz CT molecular complexity index is 2910. The molecule has 0 aliphatic carbocycles. The van der Waals surface area contributed by atoms with Crippen LogP contribution in [0.4, 0.5) is 0 Å². The van der Waals surface area contributed by atoms with Crippen LogP contribution in [0.2, 0.25) is 0 Å². The van der Waals surface area contributed by atoms with Crippen LogP contribution in [-0.2, 0) is 101 Å². The summed E-state index contributed by atoms with van der Waals surface area (Å²) in [6, 6.07) is -5.38. The Balaban J connectivity index is 1.82. The van der Waals surface area contributed by atoms with E-state index in [1.165, 1.54) is 6.26 Å². The third-order valence-corrected chi connectivity index (χ3v) is 12.5. The molecule has 0 saturated carbocycles. The third-order valence-electron chi connectivity index (χ3n) is 12.5. The number of benzene rings is 1. The molecule has 2 unspecified atom stereocenters. The maximum Gasteiger partial charge on any atom is 0.249 e. The van der Waals surface area contributed by atoms with Crippen molar-refractivity contribution in [1.29, 1.82) is 0 Å². The summed E-state index contributed by atoms with van der Waals surface area (Å²) in [4.78, 5) is 203. The molecule has 1 heterocycles. The van der Waals surface area contributed by atoms with Crippen molar-refractivity contribution in [2.75, 3.05) is 6.54 Å². The number of furan rings is 1. The van der Waals surface area contributed by atoms with Crippen LogP contribution in [0, 0.1) is 0 Å². The standard InChI is InChI=1S/C53H69N9O28/c63-25-54-22-29-19-27(24-90-29)23-89-28-3-1-26(2-4-28)17-18-55-38(65)11-5-30(47(75)76)56-39(66)12-6-31(48(77)78)57-40(67)14-8-33(50(81)82)60-43(70)20-36(53(87)88)61-44(71)21-37(64)46(74)62-35(52(85)86)9-15-42(69)58-32(49(79)80)7-13-41(68)59-34(51(83)84)10-16-45(72)73/h1-4,19,24-25,30-37,64H,5-18,20-23H2,(H,54,63)(H,55,65)(H,56,66)(H,57,67)(H,58,69)(H,59,68)(H,60,70)(H,61,71)(H,62,74)(H,72,73)(H,75,76)(H,77,78)(H,79,80)(H,81,82)(H,83,84)(H,85,86)(H,87,88)/p-8/t30-,31-,32-,33-,34-,35-,36?,37?/m0/s1. The number of ether oxygens (including phenoxy) is 1. The number of aliphatic carboxylic acids is 8. The van der Waals surface area contributed by atoms with Crippen LogP contribution in [0.3, 0.4) is 0 Å². The Hall–Kier alpha value is -10.8. The Labute approximate surface area is 508 Å². The molecule has 10 N–H and O–H groups in total. The molecule has 0 radical (unpaired) electrons. The van der Waals surface area contributed by atoms with E-state index in [0.29, 0.717) is 24.3 Å². The largest absolute Gasteiger partial charge is 0.550 e. The highest BCUT2D eigenvalue weighted by molar-refractivity contribution is 5.93. The van der Waals surface area contributed by atoms with Crippen molar-refractivity contribution in [3.8, 4) is 5.75 Å². The van der Waals surface area contributed by atoms with Gasteiger partial charge in [-0.3, -0.25) is 43.2 Å². The van der Waals surface area contributed by atoms with Crippen LogP contribution < -0.4 is 93.4 Å². The predicted molar refractivity (Wildman–Crippen MR) is 273 cm³/mol. The average molecular weight is 1270 g/mol. The number of rotatable bonds is 46. The highest BCUT2D eigenvalue weighted by atomic mass is 16.5. The first-order valence-electron chi connectivity index (χ1n) is 27.0. The van der Waals surface area contributed by atoms with E-state index in [2.05, 4.69) is 16.0 Å². The molecule has 0 aliphatic rings. The number of hydrogen-bond donors (Lipinski definition) is 10. The van der Waals surface area contributed by atoms with Gasteiger partial charge in [-0.2, -0.15) is 0 Å². The fourth-order valence-corrected chi connectivity index (χ4v) is 7.71. The summed E-state index contributed by atoms with van der Waals surface area (Å²) in [6.45, 7) is 0.553. The molecule has 0 spiro atoms. The minimum atomic E-state index is -2.49. The Morgan fingerprint density at radius 1 is 0.456 bits per heavy atom. The average Bonchev–Trinajstić information content (AvgIpc) is 2.75. The minimum Gasteiger partial charge on any atom is -0.550 e. The van der Waals surface area contributed by atoms with E-state index >= 15 is 0 Å². The van der Waals surface area contributed by atoms with Crippen LogP contribution in [0.5, 0.6) is 5.75 Å². The number of nitrogens with one attached hydrogen (secondary N) is 9. The SMILES string of the molecule is O=CNCc1cc(COc2ccc(CCNC(=O)CC[C@H](NC(=O)CC[C@H](NC(=O)CC[C@H](NC(=O)CC(NC(=O)CC(O)C(=O)N[C@@H](CCC(=O)N[C@@H](CCC(=O)N[C@@H](CCC(=O)[O-])C(=O)[O-])C(=O)[O-])C(=O)[O-])C(=O)[O-])C(=O)[O-])C(=O)[O-])C(=O)[O-])cc2)co1. The molecule has 1 aromatic carbocycles. The zero-order valence-corrected chi connectivity index (χ0v) is 47.4. The third kappa shape index (κ3) is 30.6. The molecule has 8 atom stereocenters. The van der Waals surface area contributed by atoms with Gasteiger partial charge in [0.05, 0.1) is 110 Å². The number of carboxylic acid groups (broad SMARTS) is 8. The van der Waals surface area contributed by atoms with Crippen LogP contribution in [-0.4, -0.2) is 161 Å². The molecule has 494 valence electrons. The lowest BCUT2D eigenvalue weighted by atomic mass is 10.1. The fraction of sp³-hybridized carbons (Fsp3) is 0.491. The number of hydrogen-bond acceptors (Lipinski definition) is 28. The first kappa shape index (κ1) is 75.3. The lowest BCUT2D eigenvalue weighted by Gasteiger charge is -2.25. The molecule has 37 heteroatoms. The zero-order chi connectivity index (χ0) is 67.6. The quantitative estimate of drug-likeness (QED) is 0.0275. The van der Waals surface area contributed by atoms with Gasteiger partial charge in [-0.1, -0.05) is 12.1 Å². The van der Waals surface area contributed by atoms with Crippen molar-refractivity contribution in [2.24, 2.45) is 0 Å². The summed E-state index contributed by atoms with van der Waals surface area (Å²) in [6.07, 6.45) is -11.6. The number of aliphatic hydroxyl groups is 1. The van der Waals surface area contributed by atoms with Crippen molar-refractivity contribution >= 4 is 101 Å². The fourth-order valence-electron chi connectivity index (χ4n) is 7.71. The van der Waals surface area contributed by atoms with Gasteiger partial charge in [0.25, 0.3) is 0 Å². The minimum absolute atomic E-state index is 0.142. The number of carboxylic acids is 8. The molecule has 2 rings (SSSR count). The summed E-state index contributed by atoms with van der Waals surface area (Å²) < 4.78 is 11.0. The second kappa shape index (κ2) is 39.1. The second-order valence-electron chi connectivity index (χ2n) is 19.5. The van der Waals surface area contributed by atoms with E-state index in [9.17, 15) is 127 Å². The van der Waals surface area contributed by atoms with Crippen molar-refractivity contribution in [3.63, 3.8) is 0 Å². The van der Waals surface area contributed by atoms with Crippen LogP contribution >= 0.6 is 0 Å². The summed E-state index contributed by atoms with van der Waals surface area (Å²) in [7, 11) is 0. The molecule has 0 bridgehead atoms. The highest BCUT2D eigenvalue weighted by Crippen LogP contribution is 2.17. The van der Waals surface area contributed by atoms with Crippen molar-refractivity contribution in [3.05, 3.63) is 53.5 Å². The van der Waals surface area contributed by atoms with Crippen LogP contribution in [0.1, 0.15) is 107 Å². The van der Waals surface area contributed by atoms with Crippen molar-refractivity contribution in [2.45, 2.75) is 158 Å². The maximum atomic E-state index is 12.7. The van der Waals surface area contributed by atoms with E-state index in [-0.39, 0.29) is 19.7 Å². The summed E-state index contributed by atoms with van der Waals surface area (Å²) >= 11 is 0. The summed E-state index contributed by atoms with van der Waals surface area (Å²) in [5, 5.41) is 121. The van der Waals surface area contributed by atoms with Crippen molar-refractivity contribution in [1.82, 2.24) is 47.9 Å². The van der Waals surface area contributed by atoms with E-state index in [4.69, 9.17) is 9.15 Å². The normalized spacial score (nSPS) is 13.4. The molecular weight excluding hydrogens is 1210 g/mol. The number of carbonyl (C=O) groups is 17. The van der Waals surface area contributed by atoms with Gasteiger partial charge in [0.1, 0.15) is 24.2 Å². The van der Waals surface area contributed by atoms with Gasteiger partial charge in [-0.25, -0.2) is 0 Å². The molecule has 0 aliphatic heterocycles. The maximum absolute atomic E-state index is 12.7. The topological polar surface area (TPSA) is 626 Å². The zero-order valence-electron chi connectivity index (χ0n) is 47.4. The number of amides is 9. The van der Waals surface area contributed by atoms with Gasteiger partial charge in [-0.05, 0) is 75.1 Å². The molecular formula is C53H61N9O28-8. The Morgan fingerprint density at radius 2 is 0.822 bits per heavy atom. The van der Waals surface area contributed by atoms with E-state index in [1.54, 1.807) is 46.3 Å². The summed E-state index contributed by atoms with van der Waals surface area (Å²) in [5.74, 6) is -24.3. The van der Waals surface area contributed by atoms with Crippen LogP contribution in [0.25, 0.3) is 0 Å². The van der Waals surface area contributed by atoms with Gasteiger partial charge in [-0.15, -0.1) is 0 Å². The van der Waals surface area contributed by atoms with E-state index in [0.717, 1.165) is 11.1 Å². The Morgan fingerprint density at radius 3 is 1.22 bits per heavy atom. The molecule has 1 aromatic heterocycles. The monoisotopic (exact) mass is 1270 g/mol. The lowest BCUT2D eigenvalue weighted by molar-refractivity contribution is -0.312. The molecule has 0 saturated heterocycles. The summed E-state index contributed by atoms with van der Waals surface area (Å²) in [5.41, 5.74) is 1.54. The molecule has 2 aromatic rings. The smallest absolute Gasteiger partial charge is 0.249 e. The molecule has 9 amide bonds. The first-order valence-corrected chi connectivity index (χ1v) is 27.0. The predicted octanol–water partition coefficient (Wildman–Crippen LogP) is -15.0. The molecule has 0 fully saturated rings. The van der Waals surface area contributed by atoms with Crippen molar-refractivity contribution < 1.29 is 137 Å². The Kier molecular flexibility index (Phi) is 32.8. The van der Waals surface area contributed by atoms with Crippen LogP contribution in [0.15, 0.2) is 41.0 Å². The molecule has 90 heavy (non-hydrogen) atoms. The van der Waals surface area contributed by atoms with E-state index in [1.807, 2.05) is 16.0 Å². The van der Waals surface area contributed by atoms with Gasteiger partial charge < -0.3 is 141 Å². The molecule has 37 nitrogen and oxygen atoms in total. The van der Waals surface area contributed by atoms with Gasteiger partial charge in [0.2, 0.25) is 53.7 Å². The van der Waals surface area contributed by atoms with Gasteiger partial charge in [0.15, 0.2) is 0 Å². The second-order valence-corrected chi connectivity index (χ2v) is 19.5. The van der Waals surface area contributed by atoms with Gasteiger partial charge in [0, 0.05) is 50.2 Å². The first-order chi connectivity index (χ1) is 42.4. The highest BCUT2D eigenvalue weighted by Gasteiger charge is 2.28. The number of aliphatic hydroxyl groups excluding tert-OH is 1. The van der Waals surface area contributed by atoms with Gasteiger partial charge >= 0.3 is 0 Å². The number of carbonyl (C=O) groups excluding carboxylic acids is 17. The van der Waals surface area contributed by atoms with E-state index < -0.39 is 233 Å². The lowest BCUT2D eigenvalue weighted by Crippen LogP contribution is -2.54.